The van der Waals surface area contributed by atoms with Crippen LogP contribution in [0.15, 0.2) is 48.5 Å². The minimum atomic E-state index is -3.05. The van der Waals surface area contributed by atoms with E-state index in [0.717, 1.165) is 30.7 Å². The van der Waals surface area contributed by atoms with Crippen LogP contribution in [0.4, 0.5) is 8.78 Å². The van der Waals surface area contributed by atoms with Crippen LogP contribution >= 0.6 is 0 Å². The molecule has 2 aromatic rings. The molecule has 0 atom stereocenters. The number of ether oxygens (including phenoxy) is 1. The van der Waals surface area contributed by atoms with Gasteiger partial charge in [0.1, 0.15) is 17.9 Å². The van der Waals surface area contributed by atoms with Crippen molar-refractivity contribution in [3.05, 3.63) is 65.2 Å². The molecule has 0 unspecified atom stereocenters. The molecule has 0 aliphatic carbocycles. The van der Waals surface area contributed by atoms with Gasteiger partial charge in [-0.3, -0.25) is 0 Å². The summed E-state index contributed by atoms with van der Waals surface area (Å²) in [6.45, 7) is 0.865. The summed E-state index contributed by atoms with van der Waals surface area (Å²) in [7, 11) is 0. The van der Waals surface area contributed by atoms with E-state index < -0.39 is 11.9 Å². The Morgan fingerprint density at radius 2 is 1.86 bits per heavy atom. The number of alkyl halides is 2. The number of aromatic carboxylic acids is 1. The molecular weight excluding hydrogens is 278 g/mol. The minimum absolute atomic E-state index is 0.0645. The van der Waals surface area contributed by atoms with Gasteiger partial charge in [0.15, 0.2) is 0 Å². The third kappa shape index (κ3) is 3.78. The van der Waals surface area contributed by atoms with Gasteiger partial charge in [-0.2, -0.15) is 0 Å². The van der Waals surface area contributed by atoms with Gasteiger partial charge in [-0.25, -0.2) is 13.6 Å². The molecule has 0 aromatic heterocycles. The molecule has 1 N–H and O–H groups in total. The number of halogens is 2. The molecule has 0 aliphatic rings. The zero-order chi connectivity index (χ0) is 15.5. The first-order chi connectivity index (χ1) is 9.88. The van der Waals surface area contributed by atoms with Crippen LogP contribution in [-0.4, -0.2) is 11.1 Å². The molecule has 0 amide bonds. The number of carboxylic acids is 1. The zero-order valence-electron chi connectivity index (χ0n) is 11.3. The summed E-state index contributed by atoms with van der Waals surface area (Å²) >= 11 is 0. The van der Waals surface area contributed by atoms with E-state index in [1.165, 1.54) is 0 Å². The minimum Gasteiger partial charge on any atom is -0.488 e. The van der Waals surface area contributed by atoms with Crippen molar-refractivity contribution in [3.8, 4) is 5.75 Å². The maximum absolute atomic E-state index is 13.3. The van der Waals surface area contributed by atoms with Gasteiger partial charge in [0.25, 0.3) is 5.92 Å². The lowest BCUT2D eigenvalue weighted by Gasteiger charge is -2.15. The Balaban J connectivity index is 2.29. The predicted octanol–water partition coefficient (Wildman–Crippen LogP) is 4.08. The molecule has 0 aliphatic heterocycles. The molecule has 0 bridgehead atoms. The van der Waals surface area contributed by atoms with Crippen molar-refractivity contribution in [2.45, 2.75) is 19.5 Å². The maximum Gasteiger partial charge on any atom is 0.339 e. The average Bonchev–Trinajstić information content (AvgIpc) is 2.45. The highest BCUT2D eigenvalue weighted by Gasteiger charge is 2.26. The van der Waals surface area contributed by atoms with E-state index in [1.807, 2.05) is 18.2 Å². The van der Waals surface area contributed by atoms with Crippen LogP contribution in [0.5, 0.6) is 5.75 Å². The first-order valence-corrected chi connectivity index (χ1v) is 6.30. The molecule has 3 nitrogen and oxygen atoms in total. The summed E-state index contributed by atoms with van der Waals surface area (Å²) in [4.78, 5) is 11.1. The van der Waals surface area contributed by atoms with Crippen molar-refractivity contribution in [1.82, 2.24) is 0 Å². The second-order valence-corrected chi connectivity index (χ2v) is 4.68. The summed E-state index contributed by atoms with van der Waals surface area (Å²) in [6, 6.07) is 12.4. The average molecular weight is 292 g/mol. The summed E-state index contributed by atoms with van der Waals surface area (Å²) in [5, 5.41) is 9.09. The molecule has 5 heteroatoms. The highest BCUT2D eigenvalue weighted by Crippen LogP contribution is 2.31. The Morgan fingerprint density at radius 3 is 2.43 bits per heavy atom. The van der Waals surface area contributed by atoms with Gasteiger partial charge in [-0.05, 0) is 17.7 Å². The first kappa shape index (κ1) is 15.0. The van der Waals surface area contributed by atoms with Gasteiger partial charge in [0.2, 0.25) is 0 Å². The number of benzene rings is 2. The molecule has 0 heterocycles. The van der Waals surface area contributed by atoms with Crippen LogP contribution in [0.25, 0.3) is 0 Å². The Hall–Kier alpha value is -2.43. The third-order valence-electron chi connectivity index (χ3n) is 2.96. The van der Waals surface area contributed by atoms with Crippen LogP contribution in [0.3, 0.4) is 0 Å². The van der Waals surface area contributed by atoms with E-state index in [4.69, 9.17) is 9.84 Å². The summed E-state index contributed by atoms with van der Waals surface area (Å²) < 4.78 is 32.1. The topological polar surface area (TPSA) is 46.5 Å². The molecule has 0 spiro atoms. The highest BCUT2D eigenvalue weighted by atomic mass is 19.3. The largest absolute Gasteiger partial charge is 0.488 e. The molecular formula is C16H14F2O3. The van der Waals surface area contributed by atoms with Crippen molar-refractivity contribution < 1.29 is 23.4 Å². The Morgan fingerprint density at radius 1 is 1.19 bits per heavy atom. The SMILES string of the molecule is CC(F)(F)c1ccc(C(=O)O)c(OCc2ccccc2)c1. The molecule has 2 aromatic carbocycles. The van der Waals surface area contributed by atoms with Gasteiger partial charge in [0.05, 0.1) is 0 Å². The fourth-order valence-corrected chi connectivity index (χ4v) is 1.83. The highest BCUT2D eigenvalue weighted by molar-refractivity contribution is 5.91. The van der Waals surface area contributed by atoms with E-state index in [2.05, 4.69) is 0 Å². The first-order valence-electron chi connectivity index (χ1n) is 6.30. The lowest BCUT2D eigenvalue weighted by atomic mass is 10.1. The predicted molar refractivity (Wildman–Crippen MR) is 73.7 cm³/mol. The number of carbonyl (C=O) groups is 1. The Bertz CT molecular complexity index is 634. The smallest absolute Gasteiger partial charge is 0.339 e. The standard InChI is InChI=1S/C16H14F2O3/c1-16(17,18)12-7-8-13(15(19)20)14(9-12)21-10-11-5-3-2-4-6-11/h2-9H,10H2,1H3,(H,19,20). The molecule has 2 rings (SSSR count). The number of rotatable bonds is 5. The molecule has 21 heavy (non-hydrogen) atoms. The van der Waals surface area contributed by atoms with Crippen LogP contribution < -0.4 is 4.74 Å². The van der Waals surface area contributed by atoms with Crippen molar-refractivity contribution in [3.63, 3.8) is 0 Å². The fraction of sp³-hybridized carbons (Fsp3) is 0.188. The Labute approximate surface area is 120 Å². The normalized spacial score (nSPS) is 11.2. The van der Waals surface area contributed by atoms with Crippen molar-refractivity contribution in [2.75, 3.05) is 0 Å². The lowest BCUT2D eigenvalue weighted by molar-refractivity contribution is 0.0171. The van der Waals surface area contributed by atoms with Crippen LogP contribution in [-0.2, 0) is 12.5 Å². The number of hydrogen-bond acceptors (Lipinski definition) is 2. The molecule has 0 fully saturated rings. The number of carboxylic acid groups (broad SMARTS) is 1. The van der Waals surface area contributed by atoms with E-state index in [-0.39, 0.29) is 23.5 Å². The van der Waals surface area contributed by atoms with Gasteiger partial charge >= 0.3 is 5.97 Å². The van der Waals surface area contributed by atoms with Gasteiger partial charge < -0.3 is 9.84 Å². The Kier molecular flexibility index (Phi) is 4.21. The lowest BCUT2D eigenvalue weighted by Crippen LogP contribution is -2.10. The quantitative estimate of drug-likeness (QED) is 0.903. The monoisotopic (exact) mass is 292 g/mol. The molecule has 0 radical (unpaired) electrons. The maximum atomic E-state index is 13.3. The second kappa shape index (κ2) is 5.91. The van der Waals surface area contributed by atoms with Gasteiger partial charge in [0, 0.05) is 12.5 Å². The van der Waals surface area contributed by atoms with E-state index in [1.54, 1.807) is 12.1 Å². The van der Waals surface area contributed by atoms with Crippen LogP contribution in [0.2, 0.25) is 0 Å². The van der Waals surface area contributed by atoms with Crippen LogP contribution in [0.1, 0.15) is 28.4 Å². The zero-order valence-corrected chi connectivity index (χ0v) is 11.3. The van der Waals surface area contributed by atoms with Gasteiger partial charge in [-0.1, -0.05) is 36.4 Å². The van der Waals surface area contributed by atoms with Crippen molar-refractivity contribution in [2.24, 2.45) is 0 Å². The van der Waals surface area contributed by atoms with Crippen molar-refractivity contribution in [1.29, 1.82) is 0 Å². The van der Waals surface area contributed by atoms with E-state index in [9.17, 15) is 13.6 Å². The second-order valence-electron chi connectivity index (χ2n) is 4.68. The summed E-state index contributed by atoms with van der Waals surface area (Å²) in [6.07, 6.45) is 0. The molecule has 0 saturated heterocycles. The van der Waals surface area contributed by atoms with E-state index >= 15 is 0 Å². The van der Waals surface area contributed by atoms with Crippen LogP contribution in [0, 0.1) is 0 Å². The van der Waals surface area contributed by atoms with Crippen molar-refractivity contribution >= 4 is 5.97 Å². The molecule has 0 saturated carbocycles. The fourth-order valence-electron chi connectivity index (χ4n) is 1.83. The molecule has 110 valence electrons. The number of hydrogen-bond donors (Lipinski definition) is 1. The third-order valence-corrected chi connectivity index (χ3v) is 2.96. The van der Waals surface area contributed by atoms with Gasteiger partial charge in [-0.15, -0.1) is 0 Å². The van der Waals surface area contributed by atoms with E-state index in [0.29, 0.717) is 0 Å². The summed E-state index contributed by atoms with van der Waals surface area (Å²) in [5.74, 6) is -4.34. The summed E-state index contributed by atoms with van der Waals surface area (Å²) in [5.41, 5.74) is 0.400.